The summed E-state index contributed by atoms with van der Waals surface area (Å²) in [5.74, 6) is 0.696. The van der Waals surface area contributed by atoms with Crippen molar-refractivity contribution in [2.75, 3.05) is 34.1 Å². The van der Waals surface area contributed by atoms with Gasteiger partial charge in [-0.25, -0.2) is 8.78 Å². The van der Waals surface area contributed by atoms with Crippen molar-refractivity contribution < 1.29 is 36.9 Å². The predicted octanol–water partition coefficient (Wildman–Crippen LogP) is 12.0. The molecular formula is C56H60F2N2O6Si. The molecule has 0 bridgehead atoms. The van der Waals surface area contributed by atoms with Gasteiger partial charge >= 0.3 is 0 Å². The van der Waals surface area contributed by atoms with Crippen LogP contribution >= 0.6 is 0 Å². The van der Waals surface area contributed by atoms with Crippen LogP contribution in [0.2, 0.25) is 18.1 Å². The third-order valence-corrected chi connectivity index (χ3v) is 18.0. The molecule has 11 heteroatoms. The molecule has 0 spiro atoms. The van der Waals surface area contributed by atoms with E-state index >= 15 is 8.78 Å². The van der Waals surface area contributed by atoms with Gasteiger partial charge in [0.1, 0.15) is 41.1 Å². The molecule has 1 saturated heterocycles. The van der Waals surface area contributed by atoms with Crippen LogP contribution in [0.4, 0.5) is 8.78 Å². The van der Waals surface area contributed by atoms with Gasteiger partial charge in [0.15, 0.2) is 26.5 Å². The minimum absolute atomic E-state index is 0.0456. The maximum atomic E-state index is 18.8. The van der Waals surface area contributed by atoms with Crippen LogP contribution in [-0.2, 0) is 29.8 Å². The highest BCUT2D eigenvalue weighted by Crippen LogP contribution is 2.51. The van der Waals surface area contributed by atoms with Gasteiger partial charge in [0.05, 0.1) is 33.6 Å². The maximum Gasteiger partial charge on any atom is 0.192 e. The number of alkyl halides is 1. The first-order valence-electron chi connectivity index (χ1n) is 22.7. The van der Waals surface area contributed by atoms with Gasteiger partial charge in [-0.05, 0) is 75.8 Å². The Labute approximate surface area is 394 Å². The van der Waals surface area contributed by atoms with Crippen LogP contribution in [0.15, 0.2) is 187 Å². The van der Waals surface area contributed by atoms with Crippen molar-refractivity contribution in [3.63, 3.8) is 0 Å². The summed E-state index contributed by atoms with van der Waals surface area (Å²) >= 11 is 0. The van der Waals surface area contributed by atoms with E-state index in [0.29, 0.717) is 11.5 Å². The fourth-order valence-corrected chi connectivity index (χ4v) is 9.89. The Kier molecular flexibility index (Phi) is 14.0. The third-order valence-electron chi connectivity index (χ3n) is 13.5. The van der Waals surface area contributed by atoms with Gasteiger partial charge < -0.3 is 33.0 Å². The van der Waals surface area contributed by atoms with E-state index < -0.39 is 49.5 Å². The van der Waals surface area contributed by atoms with E-state index in [9.17, 15) is 0 Å². The molecule has 6 aromatic rings. The van der Waals surface area contributed by atoms with Crippen molar-refractivity contribution in [1.82, 2.24) is 4.90 Å². The molecule has 348 valence electrons. The Hall–Kier alpha value is -5.95. The van der Waals surface area contributed by atoms with Gasteiger partial charge in [-0.3, -0.25) is 4.99 Å². The Balaban J connectivity index is 1.39. The first-order chi connectivity index (χ1) is 32.3. The number of halogens is 2. The first kappa shape index (κ1) is 47.5. The summed E-state index contributed by atoms with van der Waals surface area (Å²) in [5, 5.41) is -0.242. The average molecular weight is 923 g/mol. The zero-order chi connectivity index (χ0) is 47.3. The molecule has 2 aliphatic rings. The number of rotatable bonds is 17. The lowest BCUT2D eigenvalue weighted by molar-refractivity contribution is -0.202. The molecule has 2 aliphatic heterocycles. The molecular weight excluding hydrogens is 863 g/mol. The van der Waals surface area contributed by atoms with Gasteiger partial charge in [0.25, 0.3) is 0 Å². The van der Waals surface area contributed by atoms with E-state index in [-0.39, 0.29) is 24.9 Å². The molecule has 8 nitrogen and oxygen atoms in total. The van der Waals surface area contributed by atoms with E-state index in [0.717, 1.165) is 39.6 Å². The lowest BCUT2D eigenvalue weighted by Gasteiger charge is -2.46. The van der Waals surface area contributed by atoms with Gasteiger partial charge in [-0.15, -0.1) is 0 Å². The molecule has 0 saturated carbocycles. The van der Waals surface area contributed by atoms with Crippen LogP contribution in [0.1, 0.15) is 54.2 Å². The summed E-state index contributed by atoms with van der Waals surface area (Å²) in [6, 6.07) is 54.9. The van der Waals surface area contributed by atoms with Gasteiger partial charge in [-0.2, -0.15) is 0 Å². The van der Waals surface area contributed by atoms with Crippen molar-refractivity contribution in [3.8, 4) is 11.5 Å². The van der Waals surface area contributed by atoms with Gasteiger partial charge in [0, 0.05) is 6.20 Å². The molecule has 0 aromatic heterocycles. The monoisotopic (exact) mass is 922 g/mol. The molecule has 8 rings (SSSR count). The zero-order valence-electron chi connectivity index (χ0n) is 39.3. The van der Waals surface area contributed by atoms with Crippen molar-refractivity contribution in [2.45, 2.75) is 74.2 Å². The Morgan fingerprint density at radius 1 is 0.627 bits per heavy atom. The second kappa shape index (κ2) is 19.7. The number of benzene rings is 6. The lowest BCUT2D eigenvalue weighted by atomic mass is 9.79. The van der Waals surface area contributed by atoms with E-state index in [1.165, 1.54) is 11.1 Å². The van der Waals surface area contributed by atoms with Crippen LogP contribution in [0, 0.1) is 0 Å². The molecule has 6 aromatic carbocycles. The smallest absolute Gasteiger partial charge is 0.192 e. The van der Waals surface area contributed by atoms with Crippen LogP contribution < -0.4 is 9.47 Å². The van der Waals surface area contributed by atoms with Gasteiger partial charge in [-0.1, -0.05) is 166 Å². The number of ether oxygens (including phenoxy) is 5. The fraction of sp³-hybridized carbons (Fsp3) is 0.304. The third kappa shape index (κ3) is 9.36. The normalized spacial score (nSPS) is 20.1. The summed E-state index contributed by atoms with van der Waals surface area (Å²) < 4.78 is 75.2. The lowest BCUT2D eigenvalue weighted by Crippen LogP contribution is -2.58. The molecule has 2 heterocycles. The Morgan fingerprint density at radius 3 is 1.46 bits per heavy atom. The minimum Gasteiger partial charge on any atom is -0.497 e. The maximum absolute atomic E-state index is 18.8. The summed E-state index contributed by atoms with van der Waals surface area (Å²) in [5.41, 5.74) is 0.227. The Bertz CT molecular complexity index is 2520. The number of allylic oxidation sites excluding steroid dienone is 1. The van der Waals surface area contributed by atoms with E-state index in [2.05, 4.69) is 38.9 Å². The summed E-state index contributed by atoms with van der Waals surface area (Å²) in [4.78, 5) is 5.71. The van der Waals surface area contributed by atoms with E-state index in [4.69, 9.17) is 28.1 Å². The largest absolute Gasteiger partial charge is 0.497 e. The SMILES string of the molecule is COc1ccc(C(OC[C@]2(CO[Si](C)(C)C(C)(C)C)O[C@@H](N3C=C(F)C=NC3)[C@@H](F)[C@@H]2OC(c2ccccc2)(c2ccccc2)c2ccc(OC)cc2)(c2ccccc2)c2ccccc2)cc1. The van der Waals surface area contributed by atoms with Gasteiger partial charge in [0.2, 0.25) is 0 Å². The number of hydrogen-bond acceptors (Lipinski definition) is 8. The highest BCUT2D eigenvalue weighted by Gasteiger charge is 2.63. The number of aliphatic imine (C=N–C) groups is 1. The van der Waals surface area contributed by atoms with E-state index in [1.807, 2.05) is 170 Å². The molecule has 4 atom stereocenters. The van der Waals surface area contributed by atoms with E-state index in [1.54, 1.807) is 14.2 Å². The van der Waals surface area contributed by atoms with Crippen molar-refractivity contribution >= 4 is 14.5 Å². The molecule has 0 amide bonds. The van der Waals surface area contributed by atoms with Crippen LogP contribution in [0.5, 0.6) is 11.5 Å². The van der Waals surface area contributed by atoms with Crippen molar-refractivity contribution in [3.05, 3.63) is 215 Å². The molecule has 0 unspecified atom stereocenters. The standard InChI is InChI=1S/C56H60F2N2O6Si/c1-53(2,3)67(6,7)64-39-54(38-63-55(41-20-12-8-13-21-41,42-22-14-9-15-23-42)45-28-32-48(61-4)33-29-45)51(50(58)52(66-54)60-37-47(57)36-59-40-60)65-56(43-24-16-10-17-25-43,44-26-18-11-19-27-44)46-30-34-49(62-5)35-31-46/h8-37,50-52H,38-40H2,1-7H3/t50-,51-,52+,54+/m0/s1. The Morgan fingerprint density at radius 2 is 1.04 bits per heavy atom. The highest BCUT2D eigenvalue weighted by molar-refractivity contribution is 6.74. The zero-order valence-corrected chi connectivity index (χ0v) is 40.3. The molecule has 67 heavy (non-hydrogen) atoms. The quantitative estimate of drug-likeness (QED) is 0.0666. The highest BCUT2D eigenvalue weighted by atomic mass is 28.4. The average Bonchev–Trinajstić information content (AvgIpc) is 3.63. The molecule has 0 radical (unpaired) electrons. The predicted molar refractivity (Wildman–Crippen MR) is 262 cm³/mol. The van der Waals surface area contributed by atoms with Crippen molar-refractivity contribution in [1.29, 1.82) is 0 Å². The molecule has 0 aliphatic carbocycles. The number of methoxy groups -OCH3 is 2. The number of nitrogens with zero attached hydrogens (tertiary/aromatic N) is 2. The topological polar surface area (TPSA) is 71.0 Å². The summed E-state index contributed by atoms with van der Waals surface area (Å²) in [7, 11) is 0.616. The number of hydrogen-bond donors (Lipinski definition) is 0. The first-order valence-corrected chi connectivity index (χ1v) is 25.6. The molecule has 0 N–H and O–H groups in total. The second-order valence-electron chi connectivity index (χ2n) is 18.7. The minimum atomic E-state index is -2.63. The van der Waals surface area contributed by atoms with Crippen molar-refractivity contribution in [2.24, 2.45) is 4.99 Å². The van der Waals surface area contributed by atoms with Crippen LogP contribution in [0.25, 0.3) is 0 Å². The van der Waals surface area contributed by atoms with Crippen LogP contribution in [0.3, 0.4) is 0 Å². The second-order valence-corrected chi connectivity index (χ2v) is 23.5. The summed E-state index contributed by atoms with van der Waals surface area (Å²) in [6.07, 6.45) is -2.33. The summed E-state index contributed by atoms with van der Waals surface area (Å²) in [6.45, 7) is 10.4. The molecule has 1 fully saturated rings. The van der Waals surface area contributed by atoms with Crippen LogP contribution in [-0.4, -0.2) is 77.6 Å². The fourth-order valence-electron chi connectivity index (χ4n) is 8.86.